The predicted octanol–water partition coefficient (Wildman–Crippen LogP) is 3.61. The van der Waals surface area contributed by atoms with Gasteiger partial charge in [0.05, 0.1) is 31.5 Å². The number of carbonyl (C=O) groups is 2. The summed E-state index contributed by atoms with van der Waals surface area (Å²) in [5.74, 6) is -2.14. The Bertz CT molecular complexity index is 1120. The van der Waals surface area contributed by atoms with Crippen molar-refractivity contribution in [1.29, 1.82) is 0 Å². The third-order valence-corrected chi connectivity index (χ3v) is 9.33. The highest BCUT2D eigenvalue weighted by atomic mass is 16.7. The van der Waals surface area contributed by atoms with Crippen LogP contribution in [-0.2, 0) is 52.2 Å². The molecule has 0 saturated carbocycles. The second kappa shape index (κ2) is 17.1. The van der Waals surface area contributed by atoms with Crippen molar-refractivity contribution in [2.45, 2.75) is 102 Å². The van der Waals surface area contributed by atoms with E-state index in [9.17, 15) is 9.59 Å². The lowest BCUT2D eigenvalue weighted by atomic mass is 9.72. The molecular weight excluding hydrogens is 598 g/mol. The number of rotatable bonds is 14. The van der Waals surface area contributed by atoms with Crippen molar-refractivity contribution in [2.75, 3.05) is 42.3 Å². The number of methoxy groups -OCH3 is 5. The number of fused-ring (bicyclic) bond motifs is 1. The number of hydrogen-bond acceptors (Lipinski definition) is 11. The molecule has 12 nitrogen and oxygen atoms in total. The Morgan fingerprint density at radius 2 is 1.78 bits per heavy atom. The molecule has 3 heterocycles. The molecule has 0 aromatic rings. The Balaban J connectivity index is 1.76. The summed E-state index contributed by atoms with van der Waals surface area (Å²) in [6.45, 7) is 12.2. The van der Waals surface area contributed by atoms with Gasteiger partial charge in [-0.05, 0) is 13.3 Å². The summed E-state index contributed by atoms with van der Waals surface area (Å²) >= 11 is 0. The smallest absolute Gasteiger partial charge is 0.330 e. The molecule has 0 spiro atoms. The molecule has 1 amide bonds. The van der Waals surface area contributed by atoms with E-state index in [1.807, 2.05) is 32.1 Å². The zero-order valence-electron chi connectivity index (χ0n) is 28.7. The van der Waals surface area contributed by atoms with Gasteiger partial charge in [0.1, 0.15) is 19.0 Å². The zero-order chi connectivity index (χ0) is 34.1. The van der Waals surface area contributed by atoms with Crippen molar-refractivity contribution >= 4 is 11.9 Å². The van der Waals surface area contributed by atoms with Gasteiger partial charge in [0, 0.05) is 58.7 Å². The van der Waals surface area contributed by atoms with Gasteiger partial charge in [0.15, 0.2) is 12.3 Å². The number of hydrogen-bond donors (Lipinski definition) is 1. The highest BCUT2D eigenvalue weighted by Gasteiger charge is 2.57. The Kier molecular flexibility index (Phi) is 14.2. The van der Waals surface area contributed by atoms with E-state index in [1.54, 1.807) is 26.4 Å². The fraction of sp³-hybridized carbons (Fsp3) is 0.706. The van der Waals surface area contributed by atoms with Gasteiger partial charge in [-0.15, -0.1) is 0 Å². The summed E-state index contributed by atoms with van der Waals surface area (Å²) < 4.78 is 52.8. The van der Waals surface area contributed by atoms with Gasteiger partial charge in [0.2, 0.25) is 5.79 Å². The van der Waals surface area contributed by atoms with Crippen LogP contribution in [-0.4, -0.2) is 109 Å². The van der Waals surface area contributed by atoms with Crippen molar-refractivity contribution in [3.05, 3.63) is 48.6 Å². The zero-order valence-corrected chi connectivity index (χ0v) is 28.7. The van der Waals surface area contributed by atoms with Gasteiger partial charge in [-0.2, -0.15) is 0 Å². The maximum atomic E-state index is 13.8. The molecule has 46 heavy (non-hydrogen) atoms. The molecule has 0 radical (unpaired) electrons. The van der Waals surface area contributed by atoms with E-state index >= 15 is 0 Å². The van der Waals surface area contributed by atoms with Crippen molar-refractivity contribution < 1.29 is 52.2 Å². The van der Waals surface area contributed by atoms with Crippen LogP contribution in [0.5, 0.6) is 0 Å². The second-order valence-corrected chi connectivity index (χ2v) is 12.5. The summed E-state index contributed by atoms with van der Waals surface area (Å²) in [6, 6.07) is 0. The number of amides is 1. The van der Waals surface area contributed by atoms with Crippen LogP contribution in [0.15, 0.2) is 48.6 Å². The maximum absolute atomic E-state index is 13.8. The highest BCUT2D eigenvalue weighted by Crippen LogP contribution is 2.44. The van der Waals surface area contributed by atoms with Crippen molar-refractivity contribution in [3.63, 3.8) is 0 Å². The monoisotopic (exact) mass is 651 g/mol. The van der Waals surface area contributed by atoms with Gasteiger partial charge in [-0.3, -0.25) is 4.79 Å². The van der Waals surface area contributed by atoms with Crippen LogP contribution in [0.2, 0.25) is 0 Å². The normalized spacial score (nSPS) is 34.5. The molecule has 3 fully saturated rings. The van der Waals surface area contributed by atoms with E-state index in [0.717, 1.165) is 5.57 Å². The molecule has 1 unspecified atom stereocenters. The van der Waals surface area contributed by atoms with E-state index in [-0.39, 0.29) is 37.1 Å². The van der Waals surface area contributed by atoms with Crippen molar-refractivity contribution in [3.8, 4) is 0 Å². The van der Waals surface area contributed by atoms with E-state index in [4.69, 9.17) is 37.9 Å². The highest BCUT2D eigenvalue weighted by molar-refractivity contribution is 5.82. The van der Waals surface area contributed by atoms with Crippen LogP contribution in [0.4, 0.5) is 0 Å². The molecular formula is C34H53NO11. The Morgan fingerprint density at radius 1 is 1.04 bits per heavy atom. The molecule has 3 aliphatic heterocycles. The van der Waals surface area contributed by atoms with Crippen LogP contribution >= 0.6 is 0 Å². The Labute approximate surface area is 273 Å². The largest absolute Gasteiger partial charge is 0.466 e. The molecule has 1 N–H and O–H groups in total. The molecule has 0 aliphatic carbocycles. The number of ether oxygens (including phenoxy) is 9. The SMILES string of the molecule is C=C1C[C@](OC)([C@H](OC)C(=O)N[C@H]2OCO[C@H]3[C@@H]2O[C@H](CC(/C=C/C/C=C/C=C/C(=O)OC)OC)C(C)(C)[C@@H]3OC)O[C@H](C)[C@@H]1C. The lowest BCUT2D eigenvalue weighted by Gasteiger charge is -2.54. The van der Waals surface area contributed by atoms with Crippen LogP contribution in [0, 0.1) is 11.3 Å². The van der Waals surface area contributed by atoms with Gasteiger partial charge < -0.3 is 47.9 Å². The molecule has 0 aromatic carbocycles. The van der Waals surface area contributed by atoms with E-state index in [1.165, 1.54) is 27.4 Å². The number of carbonyl (C=O) groups excluding carboxylic acids is 2. The van der Waals surface area contributed by atoms with Gasteiger partial charge in [0.25, 0.3) is 5.91 Å². The summed E-state index contributed by atoms with van der Waals surface area (Å²) in [5, 5.41) is 2.97. The lowest BCUT2D eigenvalue weighted by Crippen LogP contribution is -2.69. The average molecular weight is 652 g/mol. The van der Waals surface area contributed by atoms with E-state index < -0.39 is 47.6 Å². The van der Waals surface area contributed by atoms with Gasteiger partial charge in [-0.1, -0.05) is 63.3 Å². The molecule has 260 valence electrons. The molecule has 10 atom stereocenters. The fourth-order valence-corrected chi connectivity index (χ4v) is 6.34. The minimum absolute atomic E-state index is 0.0588. The molecule has 3 rings (SSSR count). The number of nitrogens with one attached hydrogen (secondary N) is 1. The Morgan fingerprint density at radius 3 is 2.39 bits per heavy atom. The standard InChI is InChI=1S/C34H53NO11/c1-21-19-34(42-10,46-23(3)22(21)2)30(41-9)31(37)35-32-28-27(43-20-44-32)29(40-8)33(4,5)25(45-28)18-24(38-6)16-14-12-11-13-15-17-26(36)39-7/h11,13-17,22-25,27-30,32H,1,12,18-20H2,2-10H3,(H,35,37)/b13-11+,16-14+,17-15+/t22-,23-,24?,25-,27+,28+,29-,30-,32+,34-/m1/s1. The minimum atomic E-state index is -1.36. The maximum Gasteiger partial charge on any atom is 0.330 e. The quantitative estimate of drug-likeness (QED) is 0.128. The van der Waals surface area contributed by atoms with Gasteiger partial charge >= 0.3 is 5.97 Å². The van der Waals surface area contributed by atoms with E-state index in [2.05, 4.69) is 30.5 Å². The first-order chi connectivity index (χ1) is 21.9. The Hall–Kier alpha value is -2.42. The molecule has 0 aromatic heterocycles. The van der Waals surface area contributed by atoms with Crippen molar-refractivity contribution in [1.82, 2.24) is 5.32 Å². The van der Waals surface area contributed by atoms with Crippen LogP contribution < -0.4 is 5.32 Å². The predicted molar refractivity (Wildman–Crippen MR) is 169 cm³/mol. The summed E-state index contributed by atoms with van der Waals surface area (Å²) in [4.78, 5) is 25.0. The molecule has 12 heteroatoms. The van der Waals surface area contributed by atoms with Crippen LogP contribution in [0.1, 0.15) is 47.0 Å². The van der Waals surface area contributed by atoms with E-state index in [0.29, 0.717) is 19.3 Å². The molecule has 3 saturated heterocycles. The fourth-order valence-electron chi connectivity index (χ4n) is 6.34. The average Bonchev–Trinajstić information content (AvgIpc) is 3.02. The van der Waals surface area contributed by atoms with Crippen LogP contribution in [0.3, 0.4) is 0 Å². The topological polar surface area (TPSA) is 129 Å². The van der Waals surface area contributed by atoms with Crippen LogP contribution in [0.25, 0.3) is 0 Å². The lowest BCUT2D eigenvalue weighted by molar-refractivity contribution is -0.332. The summed E-state index contributed by atoms with van der Waals surface area (Å²) in [6.07, 6.45) is 7.66. The summed E-state index contributed by atoms with van der Waals surface area (Å²) in [5.41, 5.74) is 0.429. The first-order valence-corrected chi connectivity index (χ1v) is 15.6. The second-order valence-electron chi connectivity index (χ2n) is 12.5. The van der Waals surface area contributed by atoms with Gasteiger partial charge in [-0.25, -0.2) is 4.79 Å². The number of esters is 1. The summed E-state index contributed by atoms with van der Waals surface area (Å²) in [7, 11) is 7.56. The first kappa shape index (κ1) is 38.0. The van der Waals surface area contributed by atoms with Crippen molar-refractivity contribution in [2.24, 2.45) is 11.3 Å². The first-order valence-electron chi connectivity index (χ1n) is 15.6. The number of allylic oxidation sites excluding steroid dienone is 4. The molecule has 0 bridgehead atoms. The molecule has 3 aliphatic rings. The minimum Gasteiger partial charge on any atom is -0.466 e. The third kappa shape index (κ3) is 8.73. The third-order valence-electron chi connectivity index (χ3n) is 9.33.